The van der Waals surface area contributed by atoms with Crippen molar-refractivity contribution in [3.63, 3.8) is 0 Å². The second-order valence-electron chi connectivity index (χ2n) is 4.35. The molecule has 6 atom stereocenters. The number of cyclic esters (lactones) is 1. The van der Waals surface area contributed by atoms with Crippen molar-refractivity contribution in [2.45, 2.75) is 18.6 Å². The fourth-order valence-electron chi connectivity index (χ4n) is 3.38. The second kappa shape index (κ2) is 2.25. The van der Waals surface area contributed by atoms with Gasteiger partial charge < -0.3 is 14.9 Å². The van der Waals surface area contributed by atoms with Crippen LogP contribution in [0.25, 0.3) is 0 Å². The van der Waals surface area contributed by atoms with Crippen LogP contribution in [0.15, 0.2) is 0 Å². The van der Waals surface area contributed by atoms with Crippen molar-refractivity contribution in [2.24, 2.45) is 23.7 Å². The molecule has 0 aromatic heterocycles. The number of aliphatic hydroxyl groups excluding tert-OH is 2. The maximum atomic E-state index is 11.3. The summed E-state index contributed by atoms with van der Waals surface area (Å²) in [5.74, 6) is -0.426. The molecule has 2 aliphatic carbocycles. The quantitative estimate of drug-likeness (QED) is 0.481. The maximum Gasteiger partial charge on any atom is 0.309 e. The van der Waals surface area contributed by atoms with Crippen molar-refractivity contribution in [3.05, 3.63) is 0 Å². The Morgan fingerprint density at radius 2 is 2.08 bits per heavy atom. The van der Waals surface area contributed by atoms with E-state index in [1.54, 1.807) is 0 Å². The molecule has 0 amide bonds. The highest BCUT2D eigenvalue weighted by Gasteiger charge is 2.63. The lowest BCUT2D eigenvalue weighted by molar-refractivity contribution is -0.143. The number of fused-ring (bicyclic) bond motifs is 5. The van der Waals surface area contributed by atoms with Crippen LogP contribution in [0.1, 0.15) is 6.42 Å². The second-order valence-corrected chi connectivity index (χ2v) is 4.35. The van der Waals surface area contributed by atoms with Crippen molar-refractivity contribution in [2.75, 3.05) is 6.61 Å². The van der Waals surface area contributed by atoms with Crippen LogP contribution in [-0.2, 0) is 9.53 Å². The zero-order valence-electron chi connectivity index (χ0n) is 7.09. The number of aliphatic hydroxyl groups is 2. The van der Waals surface area contributed by atoms with Crippen LogP contribution < -0.4 is 0 Å². The molecule has 2 saturated carbocycles. The predicted molar refractivity (Wildman–Crippen MR) is 41.5 cm³/mol. The van der Waals surface area contributed by atoms with Crippen molar-refractivity contribution in [1.82, 2.24) is 0 Å². The summed E-state index contributed by atoms with van der Waals surface area (Å²) < 4.78 is 4.94. The van der Waals surface area contributed by atoms with E-state index in [0.717, 1.165) is 0 Å². The summed E-state index contributed by atoms with van der Waals surface area (Å²) in [6.45, 7) is 0.388. The largest absolute Gasteiger partial charge is 0.465 e. The molecule has 0 aromatic rings. The minimum absolute atomic E-state index is 0.0556. The molecule has 1 aliphatic heterocycles. The zero-order valence-corrected chi connectivity index (χ0v) is 7.09. The first kappa shape index (κ1) is 7.76. The summed E-state index contributed by atoms with van der Waals surface area (Å²) in [6, 6.07) is 0. The van der Waals surface area contributed by atoms with Gasteiger partial charge in [0.25, 0.3) is 0 Å². The van der Waals surface area contributed by atoms with E-state index < -0.39 is 12.2 Å². The van der Waals surface area contributed by atoms with Crippen LogP contribution in [0, 0.1) is 23.7 Å². The molecule has 3 fully saturated rings. The van der Waals surface area contributed by atoms with E-state index in [0.29, 0.717) is 13.0 Å². The van der Waals surface area contributed by atoms with Crippen LogP contribution in [-0.4, -0.2) is 35.0 Å². The molecule has 0 spiro atoms. The molecule has 13 heavy (non-hydrogen) atoms. The van der Waals surface area contributed by atoms with Gasteiger partial charge in [-0.1, -0.05) is 0 Å². The van der Waals surface area contributed by atoms with Crippen LogP contribution >= 0.6 is 0 Å². The Kier molecular flexibility index (Phi) is 1.34. The molecular weight excluding hydrogens is 172 g/mol. The van der Waals surface area contributed by atoms with E-state index in [-0.39, 0.29) is 29.6 Å². The Morgan fingerprint density at radius 3 is 2.85 bits per heavy atom. The first-order valence-electron chi connectivity index (χ1n) is 4.73. The zero-order chi connectivity index (χ0) is 9.16. The van der Waals surface area contributed by atoms with Crippen molar-refractivity contribution in [3.8, 4) is 0 Å². The summed E-state index contributed by atoms with van der Waals surface area (Å²) >= 11 is 0. The standard InChI is InChI=1S/C9H12O4/c10-5-1-3-6-4(2-13-9(6)12)7(5)8(3)11/h3-8,10-11H,1-2H2/t3-,4+,5-,6-,7+,8-/m0/s1. The van der Waals surface area contributed by atoms with Crippen molar-refractivity contribution >= 4 is 5.97 Å². The molecule has 72 valence electrons. The minimum Gasteiger partial charge on any atom is -0.465 e. The number of hydrogen-bond acceptors (Lipinski definition) is 4. The van der Waals surface area contributed by atoms with Crippen LogP contribution in [0.2, 0.25) is 0 Å². The summed E-state index contributed by atoms with van der Waals surface area (Å²) in [5.41, 5.74) is 0. The molecule has 0 radical (unpaired) electrons. The fourth-order valence-corrected chi connectivity index (χ4v) is 3.38. The molecule has 0 unspecified atom stereocenters. The lowest BCUT2D eigenvalue weighted by Gasteiger charge is -2.23. The smallest absolute Gasteiger partial charge is 0.309 e. The Bertz CT molecular complexity index is 262. The summed E-state index contributed by atoms with van der Waals surface area (Å²) in [6.07, 6.45) is -0.365. The van der Waals surface area contributed by atoms with E-state index in [2.05, 4.69) is 0 Å². The van der Waals surface area contributed by atoms with E-state index in [1.807, 2.05) is 0 Å². The van der Waals surface area contributed by atoms with Crippen molar-refractivity contribution in [1.29, 1.82) is 0 Å². The van der Waals surface area contributed by atoms with E-state index in [9.17, 15) is 15.0 Å². The lowest BCUT2D eigenvalue weighted by Crippen LogP contribution is -2.31. The number of esters is 1. The monoisotopic (exact) mass is 184 g/mol. The van der Waals surface area contributed by atoms with Crippen molar-refractivity contribution < 1.29 is 19.7 Å². The number of ether oxygens (including phenoxy) is 1. The Hall–Kier alpha value is -0.610. The summed E-state index contributed by atoms with van der Waals surface area (Å²) in [4.78, 5) is 11.3. The normalized spacial score (nSPS) is 58.2. The highest BCUT2D eigenvalue weighted by atomic mass is 16.5. The van der Waals surface area contributed by atoms with Gasteiger partial charge in [-0.2, -0.15) is 0 Å². The van der Waals surface area contributed by atoms with Gasteiger partial charge in [0, 0.05) is 17.8 Å². The maximum absolute atomic E-state index is 11.3. The number of rotatable bonds is 0. The van der Waals surface area contributed by atoms with Gasteiger partial charge in [-0.05, 0) is 6.42 Å². The Morgan fingerprint density at radius 1 is 1.31 bits per heavy atom. The predicted octanol–water partition coefficient (Wildman–Crippen LogP) is -0.853. The molecule has 2 bridgehead atoms. The molecule has 3 aliphatic rings. The molecule has 4 heteroatoms. The topological polar surface area (TPSA) is 66.8 Å². The number of hydrogen-bond donors (Lipinski definition) is 2. The highest BCUT2D eigenvalue weighted by molar-refractivity contribution is 5.76. The molecule has 4 nitrogen and oxygen atoms in total. The van der Waals surface area contributed by atoms with E-state index >= 15 is 0 Å². The molecule has 3 rings (SSSR count). The summed E-state index contributed by atoms with van der Waals surface area (Å²) in [5, 5.41) is 19.4. The van der Waals surface area contributed by atoms with E-state index in [4.69, 9.17) is 4.74 Å². The average molecular weight is 184 g/mol. The van der Waals surface area contributed by atoms with Gasteiger partial charge in [-0.25, -0.2) is 0 Å². The van der Waals surface area contributed by atoms with Crippen LogP contribution in [0.3, 0.4) is 0 Å². The van der Waals surface area contributed by atoms with Gasteiger partial charge >= 0.3 is 5.97 Å². The molecule has 0 aromatic carbocycles. The van der Waals surface area contributed by atoms with E-state index in [1.165, 1.54) is 0 Å². The van der Waals surface area contributed by atoms with Gasteiger partial charge in [0.2, 0.25) is 0 Å². The van der Waals surface area contributed by atoms with Crippen LogP contribution in [0.5, 0.6) is 0 Å². The van der Waals surface area contributed by atoms with Gasteiger partial charge in [-0.15, -0.1) is 0 Å². The lowest BCUT2D eigenvalue weighted by atomic mass is 9.80. The van der Waals surface area contributed by atoms with Crippen LogP contribution in [0.4, 0.5) is 0 Å². The number of carbonyl (C=O) groups is 1. The first-order valence-corrected chi connectivity index (χ1v) is 4.73. The third kappa shape index (κ3) is 0.758. The Balaban J connectivity index is 1.98. The average Bonchev–Trinajstić information content (AvgIpc) is 2.64. The SMILES string of the molecule is O=C1OC[C@@H]2[C@@H]1[C@@H]1C[C@H](O)[C@@H]2[C@H]1O. The highest BCUT2D eigenvalue weighted by Crippen LogP contribution is 2.55. The third-order valence-corrected chi connectivity index (χ3v) is 3.90. The first-order chi connectivity index (χ1) is 6.20. The van der Waals surface area contributed by atoms with Gasteiger partial charge in [0.05, 0.1) is 24.7 Å². The molecule has 2 N–H and O–H groups in total. The summed E-state index contributed by atoms with van der Waals surface area (Å²) in [7, 11) is 0. The number of carbonyl (C=O) groups excluding carboxylic acids is 1. The minimum atomic E-state index is -0.488. The fraction of sp³-hybridized carbons (Fsp3) is 0.889. The molecule has 1 heterocycles. The molecular formula is C9H12O4. The van der Waals surface area contributed by atoms with Gasteiger partial charge in [-0.3, -0.25) is 4.79 Å². The van der Waals surface area contributed by atoms with Gasteiger partial charge in [0.15, 0.2) is 0 Å². The third-order valence-electron chi connectivity index (χ3n) is 3.90. The Labute approximate surface area is 75.5 Å². The van der Waals surface area contributed by atoms with Gasteiger partial charge in [0.1, 0.15) is 0 Å². The molecule has 1 saturated heterocycles.